The molecule has 42 heavy (non-hydrogen) atoms. The molecule has 0 unspecified atom stereocenters. The lowest BCUT2D eigenvalue weighted by Gasteiger charge is -2.13. The number of carbonyl (C=O) groups is 2. The maximum absolute atomic E-state index is 12.4. The van der Waals surface area contributed by atoms with E-state index in [1.165, 1.54) is 45.9 Å². The number of esters is 2. The minimum absolute atomic E-state index is 0. The molecular formula is C27H28Cl2N2O9S2. The van der Waals surface area contributed by atoms with Gasteiger partial charge in [0.1, 0.15) is 42.2 Å². The number of benzene rings is 2. The van der Waals surface area contributed by atoms with Crippen LogP contribution in [0.4, 0.5) is 0 Å². The topological polar surface area (TPSA) is 185 Å². The predicted octanol–water partition coefficient (Wildman–Crippen LogP) is 3.58. The Morgan fingerprint density at radius 2 is 1.24 bits per heavy atom. The second-order valence-electron chi connectivity index (χ2n) is 8.86. The standard InChI is InChI=1S/C27H26N2O9S2.2ClH/c1-14-2-4-18-15(7-24(31)37-22(18)6-14)10-35-26(33)20(28)12-39-40-13-21(29)27(34)36-11-16-8-25(32)38-23-9-17(30)3-5-19(16)23;;/h2-9,20-21,30H,10-13,28-29H2,1H3;2*1H/t20-,21-;;/m0../s1. The Labute approximate surface area is 259 Å². The van der Waals surface area contributed by atoms with Gasteiger partial charge in [-0.2, -0.15) is 0 Å². The molecule has 0 radical (unpaired) electrons. The molecule has 2 aromatic carbocycles. The molecule has 2 atom stereocenters. The third-order valence-corrected chi connectivity index (χ3v) is 8.20. The van der Waals surface area contributed by atoms with E-state index >= 15 is 0 Å². The second-order valence-corrected chi connectivity index (χ2v) is 11.4. The van der Waals surface area contributed by atoms with Crippen molar-refractivity contribution in [2.45, 2.75) is 32.2 Å². The summed E-state index contributed by atoms with van der Waals surface area (Å²) >= 11 is 0. The van der Waals surface area contributed by atoms with Crippen LogP contribution in [0.3, 0.4) is 0 Å². The molecule has 0 aliphatic carbocycles. The van der Waals surface area contributed by atoms with Crippen molar-refractivity contribution in [2.75, 3.05) is 11.5 Å². The van der Waals surface area contributed by atoms with Gasteiger partial charge in [0.2, 0.25) is 0 Å². The van der Waals surface area contributed by atoms with Crippen LogP contribution in [-0.4, -0.2) is 40.6 Å². The summed E-state index contributed by atoms with van der Waals surface area (Å²) in [5.41, 5.74) is 13.1. The fourth-order valence-electron chi connectivity index (χ4n) is 3.69. The van der Waals surface area contributed by atoms with Crippen molar-refractivity contribution in [1.29, 1.82) is 0 Å². The van der Waals surface area contributed by atoms with Crippen LogP contribution in [0.1, 0.15) is 16.7 Å². The summed E-state index contributed by atoms with van der Waals surface area (Å²) in [4.78, 5) is 48.4. The molecule has 226 valence electrons. The minimum atomic E-state index is -0.960. The lowest BCUT2D eigenvalue weighted by atomic mass is 10.1. The molecule has 0 fully saturated rings. The van der Waals surface area contributed by atoms with E-state index in [-0.39, 0.29) is 60.9 Å². The average Bonchev–Trinajstić information content (AvgIpc) is 2.91. The van der Waals surface area contributed by atoms with Gasteiger partial charge in [0.15, 0.2) is 0 Å². The van der Waals surface area contributed by atoms with Gasteiger partial charge >= 0.3 is 23.2 Å². The molecule has 0 aliphatic rings. The van der Waals surface area contributed by atoms with Gasteiger partial charge in [-0.15, -0.1) is 24.8 Å². The highest BCUT2D eigenvalue weighted by atomic mass is 35.5. The van der Waals surface area contributed by atoms with Crippen molar-refractivity contribution in [1.82, 2.24) is 0 Å². The van der Waals surface area contributed by atoms with Crippen molar-refractivity contribution in [3.63, 3.8) is 0 Å². The number of fused-ring (bicyclic) bond motifs is 2. The molecule has 0 aliphatic heterocycles. The maximum Gasteiger partial charge on any atom is 0.336 e. The Hall–Kier alpha value is -3.20. The monoisotopic (exact) mass is 658 g/mol. The summed E-state index contributed by atoms with van der Waals surface area (Å²) in [5, 5.41) is 10.8. The van der Waals surface area contributed by atoms with E-state index < -0.39 is 35.3 Å². The van der Waals surface area contributed by atoms with E-state index in [0.29, 0.717) is 27.5 Å². The van der Waals surface area contributed by atoms with Crippen LogP contribution < -0.4 is 22.7 Å². The van der Waals surface area contributed by atoms with Crippen LogP contribution >= 0.6 is 46.4 Å². The SMILES string of the molecule is Cc1ccc2c(COC(=O)[C@@H](N)CSSC[C@H](N)C(=O)OCc3cc(=O)oc4cc(O)ccc34)cc(=O)oc2c1.Cl.Cl. The van der Waals surface area contributed by atoms with Crippen molar-refractivity contribution in [3.8, 4) is 5.75 Å². The van der Waals surface area contributed by atoms with Gasteiger partial charge in [0.05, 0.1) is 0 Å². The Balaban J connectivity index is 0.00000308. The van der Waals surface area contributed by atoms with Crippen LogP contribution in [0.2, 0.25) is 0 Å². The maximum atomic E-state index is 12.4. The van der Waals surface area contributed by atoms with E-state index in [0.717, 1.165) is 5.56 Å². The number of nitrogens with two attached hydrogens (primary N) is 2. The Morgan fingerprint density at radius 3 is 1.74 bits per heavy atom. The predicted molar refractivity (Wildman–Crippen MR) is 166 cm³/mol. The Bertz CT molecular complexity index is 1560. The largest absolute Gasteiger partial charge is 0.508 e. The fourth-order valence-corrected chi connectivity index (χ4v) is 5.90. The number of halogens is 2. The lowest BCUT2D eigenvalue weighted by Crippen LogP contribution is -2.35. The third kappa shape index (κ3) is 9.15. The molecule has 11 nitrogen and oxygen atoms in total. The van der Waals surface area contributed by atoms with Crippen LogP contribution in [0.15, 0.2) is 67.0 Å². The molecule has 0 saturated heterocycles. The Kier molecular flexibility index (Phi) is 13.2. The van der Waals surface area contributed by atoms with Gasteiger partial charge in [0, 0.05) is 51.6 Å². The van der Waals surface area contributed by atoms with Gasteiger partial charge in [0.25, 0.3) is 0 Å². The number of hydrogen-bond donors (Lipinski definition) is 3. The first-order chi connectivity index (χ1) is 19.1. The first kappa shape index (κ1) is 35.0. The van der Waals surface area contributed by atoms with E-state index in [4.69, 9.17) is 29.8 Å². The zero-order valence-corrected chi connectivity index (χ0v) is 25.4. The van der Waals surface area contributed by atoms with E-state index in [1.54, 1.807) is 18.2 Å². The lowest BCUT2D eigenvalue weighted by molar-refractivity contribution is -0.146. The zero-order valence-electron chi connectivity index (χ0n) is 22.1. The van der Waals surface area contributed by atoms with Crippen molar-refractivity contribution in [3.05, 3.63) is 86.1 Å². The number of aromatic hydroxyl groups is 1. The van der Waals surface area contributed by atoms with Crippen LogP contribution in [0.25, 0.3) is 21.9 Å². The number of carbonyl (C=O) groups excluding carboxylic acids is 2. The molecule has 0 bridgehead atoms. The number of aryl methyl sites for hydroxylation is 1. The van der Waals surface area contributed by atoms with Crippen molar-refractivity contribution in [2.24, 2.45) is 11.5 Å². The number of hydrogen-bond acceptors (Lipinski definition) is 13. The number of phenols is 1. The molecular weight excluding hydrogens is 631 g/mol. The van der Waals surface area contributed by atoms with Gasteiger partial charge < -0.3 is 34.9 Å². The molecule has 4 aromatic rings. The van der Waals surface area contributed by atoms with Crippen LogP contribution in [-0.2, 0) is 32.3 Å². The van der Waals surface area contributed by atoms with Gasteiger partial charge in [-0.1, -0.05) is 33.7 Å². The first-order valence-electron chi connectivity index (χ1n) is 12.0. The van der Waals surface area contributed by atoms with Crippen molar-refractivity contribution >= 4 is 80.3 Å². The molecule has 5 N–H and O–H groups in total. The molecule has 0 spiro atoms. The van der Waals surface area contributed by atoms with Crippen LogP contribution in [0.5, 0.6) is 5.75 Å². The Morgan fingerprint density at radius 1 is 0.786 bits per heavy atom. The van der Waals surface area contributed by atoms with Gasteiger partial charge in [-0.05, 0) is 30.7 Å². The summed E-state index contributed by atoms with van der Waals surface area (Å²) < 4.78 is 20.8. The smallest absolute Gasteiger partial charge is 0.336 e. The summed E-state index contributed by atoms with van der Waals surface area (Å²) in [7, 11) is 2.48. The molecule has 4 rings (SSSR count). The van der Waals surface area contributed by atoms with Crippen LogP contribution in [0, 0.1) is 6.92 Å². The minimum Gasteiger partial charge on any atom is -0.508 e. The van der Waals surface area contributed by atoms with Gasteiger partial charge in [-0.3, -0.25) is 9.59 Å². The summed E-state index contributed by atoms with van der Waals surface area (Å²) in [6, 6.07) is 10.3. The molecule has 0 amide bonds. The molecule has 2 aromatic heterocycles. The average molecular weight is 660 g/mol. The first-order valence-corrected chi connectivity index (χ1v) is 14.5. The summed E-state index contributed by atoms with van der Waals surface area (Å²) in [6.07, 6.45) is 0. The molecule has 0 saturated carbocycles. The van der Waals surface area contributed by atoms with E-state index in [2.05, 4.69) is 0 Å². The highest BCUT2D eigenvalue weighted by Crippen LogP contribution is 2.25. The quantitative estimate of drug-likeness (QED) is 0.0919. The second kappa shape index (κ2) is 15.9. The summed E-state index contributed by atoms with van der Waals surface area (Å²) in [5.74, 6) is -1.00. The summed E-state index contributed by atoms with van der Waals surface area (Å²) in [6.45, 7) is 1.54. The van der Waals surface area contributed by atoms with Crippen molar-refractivity contribution < 1.29 is 33.0 Å². The molecule has 2 heterocycles. The molecule has 15 heteroatoms. The fraction of sp³-hybridized carbons (Fsp3) is 0.259. The third-order valence-electron chi connectivity index (χ3n) is 5.72. The van der Waals surface area contributed by atoms with E-state index in [1.807, 2.05) is 13.0 Å². The highest BCUT2D eigenvalue weighted by Gasteiger charge is 2.20. The zero-order chi connectivity index (χ0) is 28.8. The number of ether oxygens (including phenoxy) is 2. The van der Waals surface area contributed by atoms with Gasteiger partial charge in [-0.25, -0.2) is 9.59 Å². The highest BCUT2D eigenvalue weighted by molar-refractivity contribution is 8.76. The van der Waals surface area contributed by atoms with E-state index in [9.17, 15) is 24.3 Å². The normalized spacial score (nSPS) is 12.2. The number of rotatable bonds is 11. The number of phenolic OH excluding ortho intramolecular Hbond substituents is 1.